The van der Waals surface area contributed by atoms with Crippen LogP contribution in [0.1, 0.15) is 25.6 Å². The van der Waals surface area contributed by atoms with Crippen LogP contribution in [0.3, 0.4) is 0 Å². The van der Waals surface area contributed by atoms with Gasteiger partial charge in [0.15, 0.2) is 0 Å². The predicted octanol–water partition coefficient (Wildman–Crippen LogP) is 1.83. The number of esters is 1. The van der Waals surface area contributed by atoms with Crippen molar-refractivity contribution in [3.8, 4) is 0 Å². The molecule has 0 aliphatic rings. The molecule has 6 nitrogen and oxygen atoms in total. The summed E-state index contributed by atoms with van der Waals surface area (Å²) in [7, 11) is 1.25. The summed E-state index contributed by atoms with van der Waals surface area (Å²) in [5.74, 6) is -1.28. The molecule has 1 aromatic heterocycles. The maximum absolute atomic E-state index is 11.6. The van der Waals surface area contributed by atoms with Crippen molar-refractivity contribution in [2.75, 3.05) is 18.2 Å². The number of ether oxygens (including phenoxy) is 1. The molecule has 21 heavy (non-hydrogen) atoms. The van der Waals surface area contributed by atoms with E-state index in [-0.39, 0.29) is 16.1 Å². The van der Waals surface area contributed by atoms with Crippen molar-refractivity contribution in [1.82, 2.24) is 0 Å². The third kappa shape index (κ3) is 3.14. The van der Waals surface area contributed by atoms with Crippen LogP contribution in [0.5, 0.6) is 0 Å². The molecule has 2 rings (SSSR count). The topological polar surface area (TPSA) is 107 Å². The van der Waals surface area contributed by atoms with Gasteiger partial charge in [-0.25, -0.2) is 4.79 Å². The summed E-state index contributed by atoms with van der Waals surface area (Å²) < 4.78 is 4.64. The van der Waals surface area contributed by atoms with E-state index in [1.54, 1.807) is 0 Å². The number of thiophene rings is 1. The normalized spacial score (nSPS) is 10.1. The molecule has 1 amide bonds. The highest BCUT2D eigenvalue weighted by Gasteiger charge is 2.24. The molecule has 0 unspecified atom stereocenters. The minimum Gasteiger partial charge on any atom is -0.465 e. The Morgan fingerprint density at radius 3 is 2.52 bits per heavy atom. The first-order valence-corrected chi connectivity index (χ1v) is 6.94. The van der Waals surface area contributed by atoms with Gasteiger partial charge in [0.1, 0.15) is 9.88 Å². The zero-order valence-corrected chi connectivity index (χ0v) is 12.2. The first kappa shape index (κ1) is 14.9. The summed E-state index contributed by atoms with van der Waals surface area (Å²) in [5.41, 5.74) is 12.4. The van der Waals surface area contributed by atoms with Gasteiger partial charge >= 0.3 is 5.97 Å². The first-order valence-electron chi connectivity index (χ1n) is 6.12. The standard InChI is InChI=1S/C14H15N3O3S/c1-20-14(19)11-10(15)9(12(16)18)13(21-11)17-7-8-5-3-2-4-6-8/h2-6,17H,7,15H2,1H3,(H2,16,18). The van der Waals surface area contributed by atoms with Gasteiger partial charge in [0.25, 0.3) is 5.91 Å². The number of nitrogens with two attached hydrogens (primary N) is 2. The molecule has 0 radical (unpaired) electrons. The summed E-state index contributed by atoms with van der Waals surface area (Å²) in [6, 6.07) is 9.62. The van der Waals surface area contributed by atoms with Crippen LogP contribution in [0.15, 0.2) is 30.3 Å². The maximum atomic E-state index is 11.6. The third-order valence-corrected chi connectivity index (χ3v) is 4.00. The zero-order valence-electron chi connectivity index (χ0n) is 11.4. The number of primary amides is 1. The Morgan fingerprint density at radius 1 is 1.29 bits per heavy atom. The molecule has 0 atom stereocenters. The second kappa shape index (κ2) is 6.27. The molecule has 0 aliphatic heterocycles. The summed E-state index contributed by atoms with van der Waals surface area (Å²) in [5, 5.41) is 3.54. The smallest absolute Gasteiger partial charge is 0.350 e. The average Bonchev–Trinajstić information content (AvgIpc) is 2.82. The highest BCUT2D eigenvalue weighted by atomic mass is 32.1. The van der Waals surface area contributed by atoms with Crippen LogP contribution in [-0.2, 0) is 11.3 Å². The van der Waals surface area contributed by atoms with Gasteiger partial charge in [0.05, 0.1) is 18.4 Å². The summed E-state index contributed by atoms with van der Waals surface area (Å²) in [4.78, 5) is 23.3. The molecule has 0 fully saturated rings. The highest BCUT2D eigenvalue weighted by Crippen LogP contribution is 2.36. The van der Waals surface area contributed by atoms with E-state index in [9.17, 15) is 9.59 Å². The number of nitrogen functional groups attached to an aromatic ring is 1. The number of hydrogen-bond donors (Lipinski definition) is 3. The van der Waals surface area contributed by atoms with Gasteiger partial charge in [-0.3, -0.25) is 4.79 Å². The summed E-state index contributed by atoms with van der Waals surface area (Å²) in [6.07, 6.45) is 0. The van der Waals surface area contributed by atoms with Gasteiger partial charge in [0, 0.05) is 6.54 Å². The molecule has 1 aromatic carbocycles. The van der Waals surface area contributed by atoms with E-state index in [1.165, 1.54) is 7.11 Å². The number of anilines is 2. The van der Waals surface area contributed by atoms with E-state index in [1.807, 2.05) is 30.3 Å². The molecule has 0 saturated heterocycles. The van der Waals surface area contributed by atoms with Crippen molar-refractivity contribution in [2.24, 2.45) is 5.73 Å². The zero-order chi connectivity index (χ0) is 15.4. The summed E-state index contributed by atoms with van der Waals surface area (Å²) >= 11 is 1.05. The number of carbonyl (C=O) groups excluding carboxylic acids is 2. The van der Waals surface area contributed by atoms with Gasteiger partial charge in [-0.05, 0) is 5.56 Å². The molecule has 110 valence electrons. The largest absolute Gasteiger partial charge is 0.465 e. The lowest BCUT2D eigenvalue weighted by Gasteiger charge is -2.05. The minimum absolute atomic E-state index is 0.0508. The summed E-state index contributed by atoms with van der Waals surface area (Å²) in [6.45, 7) is 0.488. The number of carbonyl (C=O) groups is 2. The first-order chi connectivity index (χ1) is 10.0. The molecule has 0 bridgehead atoms. The Balaban J connectivity index is 2.30. The maximum Gasteiger partial charge on any atom is 0.350 e. The van der Waals surface area contributed by atoms with E-state index in [0.29, 0.717) is 11.5 Å². The Labute approximate surface area is 125 Å². The van der Waals surface area contributed by atoms with Gasteiger partial charge in [-0.1, -0.05) is 30.3 Å². The molecule has 1 heterocycles. The Hall–Kier alpha value is -2.54. The molecule has 0 saturated carbocycles. The van der Waals surface area contributed by atoms with Crippen LogP contribution in [0.4, 0.5) is 10.7 Å². The van der Waals surface area contributed by atoms with Crippen LogP contribution in [0.25, 0.3) is 0 Å². The molecule has 7 heteroatoms. The number of nitrogens with one attached hydrogen (secondary N) is 1. The van der Waals surface area contributed by atoms with Crippen LogP contribution in [0.2, 0.25) is 0 Å². The molecule has 0 aliphatic carbocycles. The molecule has 2 aromatic rings. The van der Waals surface area contributed by atoms with Crippen molar-refractivity contribution >= 4 is 33.9 Å². The number of amides is 1. The molecule has 0 spiro atoms. The molecule has 5 N–H and O–H groups in total. The fourth-order valence-corrected chi connectivity index (χ4v) is 2.88. The number of rotatable bonds is 5. The van der Waals surface area contributed by atoms with E-state index < -0.39 is 11.9 Å². The Bertz CT molecular complexity index is 668. The van der Waals surface area contributed by atoms with Crippen LogP contribution >= 0.6 is 11.3 Å². The van der Waals surface area contributed by atoms with Gasteiger partial charge in [-0.15, -0.1) is 11.3 Å². The Morgan fingerprint density at radius 2 is 1.95 bits per heavy atom. The predicted molar refractivity (Wildman–Crippen MR) is 82.4 cm³/mol. The van der Waals surface area contributed by atoms with Crippen molar-refractivity contribution < 1.29 is 14.3 Å². The third-order valence-electron chi connectivity index (χ3n) is 2.86. The number of hydrogen-bond acceptors (Lipinski definition) is 6. The van der Waals surface area contributed by atoms with E-state index in [4.69, 9.17) is 11.5 Å². The monoisotopic (exact) mass is 305 g/mol. The van der Waals surface area contributed by atoms with E-state index in [2.05, 4.69) is 10.1 Å². The molecular formula is C14H15N3O3S. The fraction of sp³-hybridized carbons (Fsp3) is 0.143. The van der Waals surface area contributed by atoms with Crippen LogP contribution in [0, 0.1) is 0 Å². The van der Waals surface area contributed by atoms with Gasteiger partial charge < -0.3 is 21.5 Å². The lowest BCUT2D eigenvalue weighted by Crippen LogP contribution is -2.15. The van der Waals surface area contributed by atoms with Gasteiger partial charge in [0.2, 0.25) is 0 Å². The second-order valence-electron chi connectivity index (χ2n) is 4.24. The van der Waals surface area contributed by atoms with Gasteiger partial charge in [-0.2, -0.15) is 0 Å². The number of benzene rings is 1. The number of methoxy groups -OCH3 is 1. The van der Waals surface area contributed by atoms with E-state index >= 15 is 0 Å². The highest BCUT2D eigenvalue weighted by molar-refractivity contribution is 7.19. The minimum atomic E-state index is -0.686. The fourth-order valence-electron chi connectivity index (χ4n) is 1.84. The SMILES string of the molecule is COC(=O)c1sc(NCc2ccccc2)c(C(N)=O)c1N. The quantitative estimate of drug-likeness (QED) is 0.730. The van der Waals surface area contributed by atoms with Crippen molar-refractivity contribution in [3.05, 3.63) is 46.3 Å². The van der Waals surface area contributed by atoms with Crippen molar-refractivity contribution in [1.29, 1.82) is 0 Å². The van der Waals surface area contributed by atoms with E-state index in [0.717, 1.165) is 16.9 Å². The van der Waals surface area contributed by atoms with Crippen molar-refractivity contribution in [3.63, 3.8) is 0 Å². The average molecular weight is 305 g/mol. The van der Waals surface area contributed by atoms with Crippen LogP contribution in [-0.4, -0.2) is 19.0 Å². The Kier molecular flexibility index (Phi) is 4.44. The lowest BCUT2D eigenvalue weighted by molar-refractivity contribution is 0.0607. The molecular weight excluding hydrogens is 290 g/mol. The van der Waals surface area contributed by atoms with Crippen LogP contribution < -0.4 is 16.8 Å². The second-order valence-corrected chi connectivity index (χ2v) is 5.26. The lowest BCUT2D eigenvalue weighted by atomic mass is 10.2. The van der Waals surface area contributed by atoms with Crippen molar-refractivity contribution in [2.45, 2.75) is 6.54 Å².